The van der Waals surface area contributed by atoms with Gasteiger partial charge in [0, 0.05) is 16.3 Å². The van der Waals surface area contributed by atoms with Crippen LogP contribution in [0.4, 0.5) is 0 Å². The summed E-state index contributed by atoms with van der Waals surface area (Å²) < 4.78 is 2.06. The van der Waals surface area contributed by atoms with Gasteiger partial charge >= 0.3 is 0 Å². The molecule has 6 nitrogen and oxygen atoms in total. The van der Waals surface area contributed by atoms with E-state index in [9.17, 15) is 0 Å². The van der Waals surface area contributed by atoms with Crippen molar-refractivity contribution in [3.05, 3.63) is 87.7 Å². The maximum atomic E-state index is 6.50. The average molecular weight is 443 g/mol. The van der Waals surface area contributed by atoms with E-state index in [0.29, 0.717) is 13.0 Å². The number of hydrogen-bond acceptors (Lipinski definition) is 3. The van der Waals surface area contributed by atoms with Crippen LogP contribution in [0.25, 0.3) is 0 Å². The molecule has 1 aliphatic rings. The van der Waals surface area contributed by atoms with Crippen molar-refractivity contribution in [2.45, 2.75) is 32.2 Å². The third kappa shape index (κ3) is 4.50. The van der Waals surface area contributed by atoms with Gasteiger partial charge < -0.3 is 11.5 Å². The third-order valence-corrected chi connectivity index (χ3v) is 5.55. The number of benzene rings is 2. The molecule has 1 aromatic heterocycles. The lowest BCUT2D eigenvalue weighted by molar-refractivity contribution is 0.593. The monoisotopic (exact) mass is 442 g/mol. The Morgan fingerprint density at radius 3 is 2.50 bits per heavy atom. The number of halogens is 2. The maximum Gasteiger partial charge on any atom is 0.211 e. The average Bonchev–Trinajstić information content (AvgIpc) is 3.02. The Morgan fingerprint density at radius 2 is 1.80 bits per heavy atom. The molecule has 1 unspecified atom stereocenters. The minimum absolute atomic E-state index is 0. The number of aromatic nitrogens is 2. The fraction of sp³-hybridized carbons (Fsp3) is 0.227. The molecule has 0 bridgehead atoms. The molecule has 1 atom stereocenters. The summed E-state index contributed by atoms with van der Waals surface area (Å²) in [5.41, 5.74) is 17.3. The van der Waals surface area contributed by atoms with Gasteiger partial charge in [-0.25, -0.2) is 0 Å². The van der Waals surface area contributed by atoms with Crippen LogP contribution in [0.5, 0.6) is 0 Å². The van der Waals surface area contributed by atoms with E-state index in [2.05, 4.69) is 33.1 Å². The van der Waals surface area contributed by atoms with E-state index >= 15 is 0 Å². The van der Waals surface area contributed by atoms with E-state index in [1.165, 1.54) is 5.56 Å². The van der Waals surface area contributed by atoms with Gasteiger partial charge in [0.05, 0.1) is 18.0 Å². The minimum atomic E-state index is -0.0618. The second-order valence-corrected chi connectivity index (χ2v) is 7.66. The second kappa shape index (κ2) is 9.32. The van der Waals surface area contributed by atoms with E-state index in [1.807, 2.05) is 43.3 Å². The summed E-state index contributed by atoms with van der Waals surface area (Å²) in [5, 5.41) is 13.9. The van der Waals surface area contributed by atoms with Crippen LogP contribution in [-0.2, 0) is 13.0 Å². The molecular formula is C22H24Cl2N6. The van der Waals surface area contributed by atoms with Gasteiger partial charge in [-0.1, -0.05) is 60.1 Å². The number of hydrogen-bond donors (Lipinski definition) is 2. The van der Waals surface area contributed by atoms with Crippen LogP contribution in [-0.4, -0.2) is 21.5 Å². The fourth-order valence-electron chi connectivity index (χ4n) is 3.98. The lowest BCUT2D eigenvalue weighted by atomic mass is 9.81. The van der Waals surface area contributed by atoms with Gasteiger partial charge in [-0.15, -0.1) is 17.5 Å². The number of nitrogens with two attached hydrogens (primary N) is 2. The van der Waals surface area contributed by atoms with E-state index in [0.717, 1.165) is 39.7 Å². The zero-order chi connectivity index (χ0) is 20.4. The molecule has 0 fully saturated rings. The predicted octanol–water partition coefficient (Wildman–Crippen LogP) is 4.02. The highest BCUT2D eigenvalue weighted by Crippen LogP contribution is 2.37. The van der Waals surface area contributed by atoms with Crippen molar-refractivity contribution in [1.29, 1.82) is 0 Å². The third-order valence-electron chi connectivity index (χ3n) is 5.21. The SMILES string of the molecule is Cc1nn(Cc2ccccc2)c2c1C(=NN=C(N)N)CC(c1ccccc1Cl)C2.Cl. The van der Waals surface area contributed by atoms with Crippen molar-refractivity contribution in [2.75, 3.05) is 0 Å². The zero-order valence-corrected chi connectivity index (χ0v) is 18.2. The molecule has 0 radical (unpaired) electrons. The van der Waals surface area contributed by atoms with Crippen LogP contribution in [0.2, 0.25) is 5.02 Å². The van der Waals surface area contributed by atoms with Crippen molar-refractivity contribution in [1.82, 2.24) is 9.78 Å². The molecule has 0 aliphatic heterocycles. The standard InChI is InChI=1S/C22H23ClN6.ClH/c1-14-21-19(26-27-22(24)25)11-16(17-9-5-6-10-18(17)23)12-20(21)29(28-14)13-15-7-3-2-4-8-15;/h2-10,16H,11-13H2,1H3,(H4,24,25,27);1H. The lowest BCUT2D eigenvalue weighted by Gasteiger charge is -2.25. The number of nitrogens with zero attached hydrogens (tertiary/aromatic N) is 4. The molecule has 3 aromatic rings. The molecule has 4 N–H and O–H groups in total. The molecule has 0 saturated carbocycles. The van der Waals surface area contributed by atoms with E-state index in [1.54, 1.807) is 0 Å². The highest BCUT2D eigenvalue weighted by Gasteiger charge is 2.31. The largest absolute Gasteiger partial charge is 0.369 e. The molecule has 156 valence electrons. The molecule has 4 rings (SSSR count). The molecule has 1 heterocycles. The Labute approximate surface area is 187 Å². The van der Waals surface area contributed by atoms with Gasteiger partial charge in [0.15, 0.2) is 0 Å². The molecular weight excluding hydrogens is 419 g/mol. The molecule has 0 spiro atoms. The van der Waals surface area contributed by atoms with Crippen molar-refractivity contribution in [3.63, 3.8) is 0 Å². The molecule has 0 amide bonds. The maximum absolute atomic E-state index is 6.50. The Balaban J connectivity index is 0.00000256. The predicted molar refractivity (Wildman–Crippen MR) is 125 cm³/mol. The van der Waals surface area contributed by atoms with Crippen LogP contribution in [0, 0.1) is 6.92 Å². The topological polar surface area (TPSA) is 94.6 Å². The molecule has 0 saturated heterocycles. The van der Waals surface area contributed by atoms with Crippen molar-refractivity contribution >= 4 is 35.7 Å². The van der Waals surface area contributed by atoms with E-state index < -0.39 is 0 Å². The van der Waals surface area contributed by atoms with Crippen molar-refractivity contribution < 1.29 is 0 Å². The summed E-state index contributed by atoms with van der Waals surface area (Å²) in [6.45, 7) is 2.70. The minimum Gasteiger partial charge on any atom is -0.369 e. The lowest BCUT2D eigenvalue weighted by Crippen LogP contribution is -2.24. The molecule has 1 aliphatic carbocycles. The fourth-order valence-corrected chi connectivity index (χ4v) is 4.27. The number of guanidine groups is 1. The first-order chi connectivity index (χ1) is 14.0. The van der Waals surface area contributed by atoms with Crippen LogP contribution in [0.3, 0.4) is 0 Å². The Bertz CT molecular complexity index is 1080. The van der Waals surface area contributed by atoms with Crippen molar-refractivity contribution in [3.8, 4) is 0 Å². The Kier molecular flexibility index (Phi) is 6.80. The number of rotatable bonds is 4. The first-order valence-corrected chi connectivity index (χ1v) is 9.91. The molecule has 30 heavy (non-hydrogen) atoms. The summed E-state index contributed by atoms with van der Waals surface area (Å²) in [4.78, 5) is 0. The van der Waals surface area contributed by atoms with Crippen LogP contribution in [0.1, 0.15) is 40.4 Å². The van der Waals surface area contributed by atoms with Crippen LogP contribution in [0.15, 0.2) is 64.8 Å². The summed E-state index contributed by atoms with van der Waals surface area (Å²) in [6, 6.07) is 18.2. The first-order valence-electron chi connectivity index (χ1n) is 9.53. The number of aryl methyl sites for hydroxylation is 1. The normalized spacial score (nSPS) is 16.6. The van der Waals surface area contributed by atoms with Crippen LogP contribution >= 0.6 is 24.0 Å². The van der Waals surface area contributed by atoms with Gasteiger partial charge in [-0.3, -0.25) is 4.68 Å². The summed E-state index contributed by atoms with van der Waals surface area (Å²) >= 11 is 6.50. The number of fused-ring (bicyclic) bond motifs is 1. The Hall–Kier alpha value is -2.83. The van der Waals surface area contributed by atoms with Gasteiger partial charge in [0.2, 0.25) is 5.96 Å². The summed E-state index contributed by atoms with van der Waals surface area (Å²) in [6.07, 6.45) is 1.53. The second-order valence-electron chi connectivity index (χ2n) is 7.25. The highest BCUT2D eigenvalue weighted by atomic mass is 35.5. The van der Waals surface area contributed by atoms with Gasteiger partial charge in [0.25, 0.3) is 0 Å². The van der Waals surface area contributed by atoms with Crippen molar-refractivity contribution in [2.24, 2.45) is 21.7 Å². The highest BCUT2D eigenvalue weighted by molar-refractivity contribution is 6.31. The van der Waals surface area contributed by atoms with E-state index in [4.69, 9.17) is 28.2 Å². The van der Waals surface area contributed by atoms with Gasteiger partial charge in [-0.05, 0) is 42.9 Å². The summed E-state index contributed by atoms with van der Waals surface area (Å²) in [7, 11) is 0. The summed E-state index contributed by atoms with van der Waals surface area (Å²) in [5.74, 6) is 0.114. The van der Waals surface area contributed by atoms with E-state index in [-0.39, 0.29) is 24.3 Å². The Morgan fingerprint density at radius 1 is 1.10 bits per heavy atom. The van der Waals surface area contributed by atoms with Gasteiger partial charge in [0.1, 0.15) is 0 Å². The van der Waals surface area contributed by atoms with Crippen LogP contribution < -0.4 is 11.5 Å². The molecule has 8 heteroatoms. The quantitative estimate of drug-likeness (QED) is 0.362. The zero-order valence-electron chi connectivity index (χ0n) is 16.6. The first kappa shape index (κ1) is 21.9. The van der Waals surface area contributed by atoms with Gasteiger partial charge in [-0.2, -0.15) is 10.2 Å². The molecule has 2 aromatic carbocycles. The smallest absolute Gasteiger partial charge is 0.211 e.